The molecule has 1 N–H and O–H groups in total. The van der Waals surface area contributed by atoms with Crippen molar-refractivity contribution >= 4 is 34.9 Å². The Morgan fingerprint density at radius 3 is 2.40 bits per heavy atom. The smallest absolute Gasteiger partial charge is 0.321 e. The number of rotatable bonds is 4. The zero-order valence-electron chi connectivity index (χ0n) is 13.9. The Morgan fingerprint density at radius 1 is 1.00 bits per heavy atom. The highest BCUT2D eigenvalue weighted by Crippen LogP contribution is 2.21. The second kappa shape index (κ2) is 8.56. The normalized spacial score (nSPS) is 15.2. The third-order valence-electron chi connectivity index (χ3n) is 4.40. The van der Waals surface area contributed by atoms with Crippen molar-refractivity contribution in [3.8, 4) is 0 Å². The molecule has 6 heteroatoms. The minimum absolute atomic E-state index is 0.0356. The van der Waals surface area contributed by atoms with E-state index < -0.39 is 0 Å². The molecule has 2 aromatic carbocycles. The Hall–Kier alpha value is -1.75. The summed E-state index contributed by atoms with van der Waals surface area (Å²) in [5.74, 6) is 0. The first-order valence-corrected chi connectivity index (χ1v) is 9.15. The molecule has 3 rings (SSSR count). The van der Waals surface area contributed by atoms with Gasteiger partial charge in [-0.3, -0.25) is 4.90 Å². The maximum atomic E-state index is 12.3. The van der Waals surface area contributed by atoms with Gasteiger partial charge in [0.15, 0.2) is 0 Å². The molecule has 132 valence electrons. The SMILES string of the molecule is O=C(Nc1ccccc1)N1CCN(CCc2ccc(Cl)cc2Cl)CC1. The number of halogens is 2. The van der Waals surface area contributed by atoms with Crippen LogP contribution in [0, 0.1) is 0 Å². The van der Waals surface area contributed by atoms with Crippen LogP contribution in [-0.4, -0.2) is 48.6 Å². The van der Waals surface area contributed by atoms with Gasteiger partial charge in [0.2, 0.25) is 0 Å². The fourth-order valence-electron chi connectivity index (χ4n) is 2.90. The molecule has 0 spiro atoms. The molecule has 2 amide bonds. The van der Waals surface area contributed by atoms with Crippen molar-refractivity contribution in [1.29, 1.82) is 0 Å². The summed E-state index contributed by atoms with van der Waals surface area (Å²) in [5, 5.41) is 4.31. The lowest BCUT2D eigenvalue weighted by Crippen LogP contribution is -2.50. The molecule has 2 aromatic rings. The predicted octanol–water partition coefficient (Wildman–Crippen LogP) is 4.39. The second-order valence-electron chi connectivity index (χ2n) is 6.11. The number of hydrogen-bond acceptors (Lipinski definition) is 2. The van der Waals surface area contributed by atoms with Crippen LogP contribution in [0.2, 0.25) is 10.0 Å². The van der Waals surface area contributed by atoms with E-state index in [0.717, 1.165) is 50.4 Å². The van der Waals surface area contributed by atoms with E-state index >= 15 is 0 Å². The van der Waals surface area contributed by atoms with E-state index in [0.29, 0.717) is 10.0 Å². The first-order chi connectivity index (χ1) is 12.1. The summed E-state index contributed by atoms with van der Waals surface area (Å²) in [7, 11) is 0. The number of nitrogens with zero attached hydrogens (tertiary/aromatic N) is 2. The Kier molecular flexibility index (Phi) is 6.19. The van der Waals surface area contributed by atoms with Crippen molar-refractivity contribution in [2.75, 3.05) is 38.0 Å². The number of amides is 2. The van der Waals surface area contributed by atoms with Crippen molar-refractivity contribution < 1.29 is 4.79 Å². The van der Waals surface area contributed by atoms with Crippen molar-refractivity contribution in [2.24, 2.45) is 0 Å². The molecule has 0 radical (unpaired) electrons. The van der Waals surface area contributed by atoms with Gasteiger partial charge in [0.25, 0.3) is 0 Å². The fourth-order valence-corrected chi connectivity index (χ4v) is 3.40. The largest absolute Gasteiger partial charge is 0.322 e. The van der Waals surface area contributed by atoms with Crippen LogP contribution in [0.15, 0.2) is 48.5 Å². The van der Waals surface area contributed by atoms with Crippen LogP contribution in [0.25, 0.3) is 0 Å². The van der Waals surface area contributed by atoms with Gasteiger partial charge in [-0.05, 0) is 36.2 Å². The standard InChI is InChI=1S/C19H21Cl2N3O/c20-16-7-6-15(18(21)14-16)8-9-23-10-12-24(13-11-23)19(25)22-17-4-2-1-3-5-17/h1-7,14H,8-13H2,(H,22,25). The van der Waals surface area contributed by atoms with E-state index in [-0.39, 0.29) is 6.03 Å². The minimum atomic E-state index is -0.0356. The van der Waals surface area contributed by atoms with Crippen LogP contribution in [0.3, 0.4) is 0 Å². The summed E-state index contributed by atoms with van der Waals surface area (Å²) in [4.78, 5) is 16.5. The zero-order chi connectivity index (χ0) is 17.6. The zero-order valence-corrected chi connectivity index (χ0v) is 15.4. The number of carbonyl (C=O) groups excluding carboxylic acids is 1. The lowest BCUT2D eigenvalue weighted by atomic mass is 10.1. The molecule has 1 heterocycles. The number of benzene rings is 2. The third-order valence-corrected chi connectivity index (χ3v) is 4.98. The maximum absolute atomic E-state index is 12.3. The van der Waals surface area contributed by atoms with E-state index in [1.54, 1.807) is 6.07 Å². The highest BCUT2D eigenvalue weighted by Gasteiger charge is 2.21. The van der Waals surface area contributed by atoms with Gasteiger partial charge in [-0.25, -0.2) is 4.79 Å². The number of urea groups is 1. The highest BCUT2D eigenvalue weighted by molar-refractivity contribution is 6.35. The van der Waals surface area contributed by atoms with E-state index in [9.17, 15) is 4.79 Å². The van der Waals surface area contributed by atoms with E-state index in [1.165, 1.54) is 0 Å². The molecule has 0 aromatic heterocycles. The molecule has 0 aliphatic carbocycles. The molecule has 4 nitrogen and oxygen atoms in total. The molecular weight excluding hydrogens is 357 g/mol. The van der Waals surface area contributed by atoms with Gasteiger partial charge in [-0.15, -0.1) is 0 Å². The van der Waals surface area contributed by atoms with Crippen molar-refractivity contribution in [3.05, 3.63) is 64.1 Å². The lowest BCUT2D eigenvalue weighted by molar-refractivity contribution is 0.148. The molecule has 0 atom stereocenters. The van der Waals surface area contributed by atoms with Crippen LogP contribution in [0.4, 0.5) is 10.5 Å². The molecule has 1 fully saturated rings. The van der Waals surface area contributed by atoms with Crippen LogP contribution in [0.5, 0.6) is 0 Å². The quantitative estimate of drug-likeness (QED) is 0.857. The highest BCUT2D eigenvalue weighted by atomic mass is 35.5. The van der Waals surface area contributed by atoms with Crippen LogP contribution < -0.4 is 5.32 Å². The molecule has 0 bridgehead atoms. The number of piperazine rings is 1. The summed E-state index contributed by atoms with van der Waals surface area (Å²) in [6, 6.07) is 15.1. The van der Waals surface area contributed by atoms with Gasteiger partial charge < -0.3 is 10.2 Å². The fraction of sp³-hybridized carbons (Fsp3) is 0.316. The van der Waals surface area contributed by atoms with E-state index in [1.807, 2.05) is 47.4 Å². The number of carbonyl (C=O) groups is 1. The van der Waals surface area contributed by atoms with Gasteiger partial charge >= 0.3 is 6.03 Å². The number of anilines is 1. The number of para-hydroxylation sites is 1. The minimum Gasteiger partial charge on any atom is -0.322 e. The van der Waals surface area contributed by atoms with Gasteiger partial charge in [-0.2, -0.15) is 0 Å². The molecule has 25 heavy (non-hydrogen) atoms. The molecule has 0 unspecified atom stereocenters. The van der Waals surface area contributed by atoms with Crippen molar-refractivity contribution in [3.63, 3.8) is 0 Å². The van der Waals surface area contributed by atoms with Crippen LogP contribution in [0.1, 0.15) is 5.56 Å². The maximum Gasteiger partial charge on any atom is 0.321 e. The Labute approximate surface area is 158 Å². The van der Waals surface area contributed by atoms with Gasteiger partial charge in [0, 0.05) is 48.5 Å². The second-order valence-corrected chi connectivity index (χ2v) is 6.95. The van der Waals surface area contributed by atoms with Crippen LogP contribution >= 0.6 is 23.2 Å². The van der Waals surface area contributed by atoms with E-state index in [4.69, 9.17) is 23.2 Å². The molecular formula is C19H21Cl2N3O. The first kappa shape index (κ1) is 18.1. The monoisotopic (exact) mass is 377 g/mol. The topological polar surface area (TPSA) is 35.6 Å². The summed E-state index contributed by atoms with van der Waals surface area (Å²) >= 11 is 12.2. The first-order valence-electron chi connectivity index (χ1n) is 8.39. The number of nitrogens with one attached hydrogen (secondary N) is 1. The molecule has 1 saturated heterocycles. The molecule has 1 aliphatic rings. The Morgan fingerprint density at radius 2 is 1.72 bits per heavy atom. The third kappa shape index (κ3) is 5.11. The Bertz CT molecular complexity index is 716. The summed E-state index contributed by atoms with van der Waals surface area (Å²) in [6.45, 7) is 4.12. The van der Waals surface area contributed by atoms with Gasteiger partial charge in [0.1, 0.15) is 0 Å². The predicted molar refractivity (Wildman–Crippen MR) is 104 cm³/mol. The Balaban J connectivity index is 1.44. The van der Waals surface area contributed by atoms with Gasteiger partial charge in [0.05, 0.1) is 0 Å². The lowest BCUT2D eigenvalue weighted by Gasteiger charge is -2.34. The van der Waals surface area contributed by atoms with E-state index in [2.05, 4.69) is 10.2 Å². The molecule has 0 saturated carbocycles. The van der Waals surface area contributed by atoms with Crippen molar-refractivity contribution in [2.45, 2.75) is 6.42 Å². The average molecular weight is 378 g/mol. The van der Waals surface area contributed by atoms with Gasteiger partial charge in [-0.1, -0.05) is 47.5 Å². The summed E-state index contributed by atoms with van der Waals surface area (Å²) in [6.07, 6.45) is 0.881. The summed E-state index contributed by atoms with van der Waals surface area (Å²) in [5.41, 5.74) is 1.93. The number of hydrogen-bond donors (Lipinski definition) is 1. The van der Waals surface area contributed by atoms with Crippen molar-refractivity contribution in [1.82, 2.24) is 9.80 Å². The summed E-state index contributed by atoms with van der Waals surface area (Å²) < 4.78 is 0. The molecule has 1 aliphatic heterocycles. The average Bonchev–Trinajstić information content (AvgIpc) is 2.62. The van der Waals surface area contributed by atoms with Crippen LogP contribution in [-0.2, 0) is 6.42 Å².